The van der Waals surface area contributed by atoms with E-state index in [0.29, 0.717) is 11.2 Å². The number of aryl methyl sites for hydroxylation is 2. The highest BCUT2D eigenvalue weighted by Crippen LogP contribution is 2.20. The average Bonchev–Trinajstić information content (AvgIpc) is 2.95. The van der Waals surface area contributed by atoms with Crippen LogP contribution >= 0.6 is 12.2 Å². The number of rotatable bonds is 6. The van der Waals surface area contributed by atoms with Crippen LogP contribution in [0.3, 0.4) is 0 Å². The summed E-state index contributed by atoms with van der Waals surface area (Å²) >= 11 is 5.32. The summed E-state index contributed by atoms with van der Waals surface area (Å²) in [7, 11) is 0. The van der Waals surface area contributed by atoms with Crippen LogP contribution in [0.5, 0.6) is 0 Å². The van der Waals surface area contributed by atoms with Crippen LogP contribution in [-0.2, 0) is 4.74 Å². The van der Waals surface area contributed by atoms with Gasteiger partial charge in [-0.25, -0.2) is 0 Å². The first kappa shape index (κ1) is 16.2. The average molecular weight is 306 g/mol. The van der Waals surface area contributed by atoms with Gasteiger partial charge in [0.2, 0.25) is 0 Å². The zero-order valence-corrected chi connectivity index (χ0v) is 13.9. The third-order valence-corrected chi connectivity index (χ3v) is 4.14. The summed E-state index contributed by atoms with van der Waals surface area (Å²) in [4.78, 5) is 0. The van der Waals surface area contributed by atoms with E-state index in [1.165, 1.54) is 36.8 Å². The molecule has 0 aromatic heterocycles. The normalized spacial score (nSPS) is 15.1. The van der Waals surface area contributed by atoms with E-state index in [9.17, 15) is 0 Å². The maximum atomic E-state index is 5.83. The zero-order valence-electron chi connectivity index (χ0n) is 13.1. The van der Waals surface area contributed by atoms with E-state index in [0.717, 1.165) is 25.3 Å². The van der Waals surface area contributed by atoms with E-state index >= 15 is 0 Å². The number of anilines is 1. The third-order valence-electron chi connectivity index (χ3n) is 3.89. The fourth-order valence-electron chi connectivity index (χ4n) is 2.70. The van der Waals surface area contributed by atoms with Gasteiger partial charge in [-0.05, 0) is 57.0 Å². The molecular formula is C17H26N2OS. The lowest BCUT2D eigenvalue weighted by atomic mass is 10.1. The number of hydrogen-bond donors (Lipinski definition) is 2. The molecule has 21 heavy (non-hydrogen) atoms. The van der Waals surface area contributed by atoms with Gasteiger partial charge in [0.15, 0.2) is 5.11 Å². The monoisotopic (exact) mass is 306 g/mol. The van der Waals surface area contributed by atoms with Crippen molar-refractivity contribution in [2.24, 2.45) is 0 Å². The van der Waals surface area contributed by atoms with Crippen molar-refractivity contribution in [2.45, 2.75) is 52.1 Å². The van der Waals surface area contributed by atoms with Gasteiger partial charge in [0.1, 0.15) is 0 Å². The predicted octanol–water partition coefficient (Wildman–Crippen LogP) is 3.94. The Morgan fingerprint density at radius 3 is 2.76 bits per heavy atom. The Bertz CT molecular complexity index is 470. The summed E-state index contributed by atoms with van der Waals surface area (Å²) in [5, 5.41) is 7.17. The first-order valence-corrected chi connectivity index (χ1v) is 8.29. The highest BCUT2D eigenvalue weighted by molar-refractivity contribution is 7.80. The molecule has 0 atom stereocenters. The molecule has 1 aromatic rings. The van der Waals surface area contributed by atoms with Crippen molar-refractivity contribution in [3.8, 4) is 0 Å². The molecule has 116 valence electrons. The lowest BCUT2D eigenvalue weighted by molar-refractivity contribution is 0.0574. The molecule has 0 bridgehead atoms. The Morgan fingerprint density at radius 2 is 2.05 bits per heavy atom. The molecule has 4 heteroatoms. The van der Waals surface area contributed by atoms with Gasteiger partial charge in [0, 0.05) is 18.8 Å². The van der Waals surface area contributed by atoms with Crippen molar-refractivity contribution < 1.29 is 4.74 Å². The topological polar surface area (TPSA) is 33.3 Å². The summed E-state index contributed by atoms with van der Waals surface area (Å²) in [6.45, 7) is 5.86. The summed E-state index contributed by atoms with van der Waals surface area (Å²) < 4.78 is 5.83. The van der Waals surface area contributed by atoms with Gasteiger partial charge in [0.25, 0.3) is 0 Å². The van der Waals surface area contributed by atoms with Gasteiger partial charge >= 0.3 is 0 Å². The van der Waals surface area contributed by atoms with E-state index in [2.05, 4.69) is 42.7 Å². The van der Waals surface area contributed by atoms with E-state index in [1.807, 2.05) is 0 Å². The van der Waals surface area contributed by atoms with Crippen molar-refractivity contribution in [3.05, 3.63) is 29.3 Å². The molecule has 0 unspecified atom stereocenters. The van der Waals surface area contributed by atoms with Gasteiger partial charge in [-0.15, -0.1) is 0 Å². The van der Waals surface area contributed by atoms with Crippen molar-refractivity contribution in [1.82, 2.24) is 5.32 Å². The van der Waals surface area contributed by atoms with Crippen LogP contribution in [0.25, 0.3) is 0 Å². The summed E-state index contributed by atoms with van der Waals surface area (Å²) in [5.74, 6) is 0. The molecule has 1 aliphatic rings. The molecular weight excluding hydrogens is 280 g/mol. The lowest BCUT2D eigenvalue weighted by Crippen LogP contribution is -2.30. The number of hydrogen-bond acceptors (Lipinski definition) is 2. The van der Waals surface area contributed by atoms with Gasteiger partial charge in [-0.1, -0.05) is 30.5 Å². The Morgan fingerprint density at radius 1 is 1.29 bits per heavy atom. The Balaban J connectivity index is 1.60. The Hall–Kier alpha value is -1.13. The smallest absolute Gasteiger partial charge is 0.170 e. The lowest BCUT2D eigenvalue weighted by Gasteiger charge is -2.14. The van der Waals surface area contributed by atoms with Crippen molar-refractivity contribution >= 4 is 23.0 Å². The molecule has 1 saturated carbocycles. The number of nitrogens with one attached hydrogen (secondary N) is 2. The number of benzene rings is 1. The van der Waals surface area contributed by atoms with E-state index in [1.54, 1.807) is 0 Å². The molecule has 0 radical (unpaired) electrons. The minimum atomic E-state index is 0.505. The van der Waals surface area contributed by atoms with Crippen LogP contribution in [0.1, 0.15) is 43.2 Å². The van der Waals surface area contributed by atoms with Gasteiger partial charge in [-0.3, -0.25) is 0 Å². The van der Waals surface area contributed by atoms with Crippen molar-refractivity contribution in [3.63, 3.8) is 0 Å². The van der Waals surface area contributed by atoms with Crippen LogP contribution in [0.2, 0.25) is 0 Å². The fourth-order valence-corrected chi connectivity index (χ4v) is 2.91. The molecule has 1 aliphatic carbocycles. The molecule has 1 aromatic carbocycles. The van der Waals surface area contributed by atoms with Crippen LogP contribution in [-0.4, -0.2) is 24.4 Å². The second kappa shape index (κ2) is 8.35. The molecule has 0 spiro atoms. The largest absolute Gasteiger partial charge is 0.378 e. The molecule has 1 fully saturated rings. The standard InChI is InChI=1S/C17H26N2OS/c1-13-8-9-16(14(2)12-13)19-17(21)18-10-5-11-20-15-6-3-4-7-15/h8-9,12,15H,3-7,10-11H2,1-2H3,(H2,18,19,21). The quantitative estimate of drug-likeness (QED) is 0.616. The molecule has 3 nitrogen and oxygen atoms in total. The van der Waals surface area contributed by atoms with E-state index in [-0.39, 0.29) is 0 Å². The van der Waals surface area contributed by atoms with Crippen molar-refractivity contribution in [1.29, 1.82) is 0 Å². The van der Waals surface area contributed by atoms with Crippen LogP contribution in [0.4, 0.5) is 5.69 Å². The minimum absolute atomic E-state index is 0.505. The molecule has 0 amide bonds. The summed E-state index contributed by atoms with van der Waals surface area (Å²) in [5.41, 5.74) is 3.55. The van der Waals surface area contributed by atoms with Crippen LogP contribution < -0.4 is 10.6 Å². The maximum Gasteiger partial charge on any atom is 0.170 e. The zero-order chi connectivity index (χ0) is 15.1. The number of ether oxygens (including phenoxy) is 1. The van der Waals surface area contributed by atoms with Crippen LogP contribution in [0, 0.1) is 13.8 Å². The van der Waals surface area contributed by atoms with Gasteiger partial charge in [-0.2, -0.15) is 0 Å². The first-order valence-electron chi connectivity index (χ1n) is 7.89. The van der Waals surface area contributed by atoms with E-state index < -0.39 is 0 Å². The van der Waals surface area contributed by atoms with E-state index in [4.69, 9.17) is 17.0 Å². The fraction of sp³-hybridized carbons (Fsp3) is 0.588. The molecule has 0 aliphatic heterocycles. The van der Waals surface area contributed by atoms with Crippen molar-refractivity contribution in [2.75, 3.05) is 18.5 Å². The highest BCUT2D eigenvalue weighted by Gasteiger charge is 2.14. The van der Waals surface area contributed by atoms with Gasteiger partial charge in [0.05, 0.1) is 6.10 Å². The minimum Gasteiger partial charge on any atom is -0.378 e. The van der Waals surface area contributed by atoms with Crippen LogP contribution in [0.15, 0.2) is 18.2 Å². The Labute approximate surface area is 133 Å². The molecule has 2 N–H and O–H groups in total. The first-order chi connectivity index (χ1) is 10.1. The third kappa shape index (κ3) is 5.64. The Kier molecular flexibility index (Phi) is 6.46. The van der Waals surface area contributed by atoms with Gasteiger partial charge < -0.3 is 15.4 Å². The second-order valence-electron chi connectivity index (χ2n) is 5.83. The maximum absolute atomic E-state index is 5.83. The summed E-state index contributed by atoms with van der Waals surface area (Å²) in [6.07, 6.45) is 6.62. The molecule has 0 heterocycles. The highest BCUT2D eigenvalue weighted by atomic mass is 32.1. The molecule has 2 rings (SSSR count). The predicted molar refractivity (Wildman–Crippen MR) is 93.0 cm³/mol. The second-order valence-corrected chi connectivity index (χ2v) is 6.24. The SMILES string of the molecule is Cc1ccc(NC(=S)NCCCOC2CCCC2)c(C)c1. The summed E-state index contributed by atoms with van der Waals surface area (Å²) in [6, 6.07) is 6.32. The molecule has 0 saturated heterocycles. The number of thiocarbonyl (C=S) groups is 1.